The van der Waals surface area contributed by atoms with E-state index in [0.29, 0.717) is 10.6 Å². The summed E-state index contributed by atoms with van der Waals surface area (Å²) in [5.74, 6) is -0.622. The Labute approximate surface area is 168 Å². The van der Waals surface area contributed by atoms with Crippen molar-refractivity contribution >= 4 is 28.2 Å². The summed E-state index contributed by atoms with van der Waals surface area (Å²) in [7, 11) is 0. The predicted molar refractivity (Wildman–Crippen MR) is 110 cm³/mol. The summed E-state index contributed by atoms with van der Waals surface area (Å²) < 4.78 is 7.12. The molecular formula is C22H23N2O3S+. The first-order valence-corrected chi connectivity index (χ1v) is 9.98. The first-order chi connectivity index (χ1) is 13.5. The van der Waals surface area contributed by atoms with Crippen LogP contribution in [0.25, 0.3) is 11.1 Å². The maximum Gasteiger partial charge on any atom is 0.341 e. The third-order valence-electron chi connectivity index (χ3n) is 4.54. The third kappa shape index (κ3) is 4.28. The summed E-state index contributed by atoms with van der Waals surface area (Å²) in [6.07, 6.45) is 1.87. The van der Waals surface area contributed by atoms with Gasteiger partial charge < -0.3 is 10.1 Å². The van der Waals surface area contributed by atoms with Gasteiger partial charge in [0.15, 0.2) is 11.9 Å². The Bertz CT molecular complexity index is 996. The average Bonchev–Trinajstić information content (AvgIpc) is 3.10. The summed E-state index contributed by atoms with van der Waals surface area (Å²) >= 11 is 1.33. The van der Waals surface area contributed by atoms with Crippen LogP contribution in [0.1, 0.15) is 28.5 Å². The molecule has 0 fully saturated rings. The highest BCUT2D eigenvalue weighted by atomic mass is 32.1. The number of thiophene rings is 1. The van der Waals surface area contributed by atoms with Gasteiger partial charge in [0.2, 0.25) is 6.54 Å². The van der Waals surface area contributed by atoms with Crippen LogP contribution in [0.3, 0.4) is 0 Å². The fourth-order valence-corrected chi connectivity index (χ4v) is 3.90. The largest absolute Gasteiger partial charge is 0.462 e. The van der Waals surface area contributed by atoms with Crippen LogP contribution < -0.4 is 9.88 Å². The maximum atomic E-state index is 12.6. The lowest BCUT2D eigenvalue weighted by Crippen LogP contribution is -2.43. The molecule has 2 aromatic heterocycles. The number of nitrogens with one attached hydrogen (secondary N) is 1. The number of carbonyl (C=O) groups excluding carboxylic acids is 2. The minimum absolute atomic E-state index is 0.175. The number of hydrogen-bond acceptors (Lipinski definition) is 4. The van der Waals surface area contributed by atoms with E-state index in [-0.39, 0.29) is 19.1 Å². The molecule has 0 saturated heterocycles. The van der Waals surface area contributed by atoms with E-state index >= 15 is 0 Å². The number of benzene rings is 1. The molecule has 2 heterocycles. The van der Waals surface area contributed by atoms with Crippen LogP contribution in [-0.2, 0) is 16.1 Å². The van der Waals surface area contributed by atoms with Gasteiger partial charge >= 0.3 is 5.97 Å². The van der Waals surface area contributed by atoms with Crippen molar-refractivity contribution in [3.05, 3.63) is 70.9 Å². The van der Waals surface area contributed by atoms with Gasteiger partial charge in [-0.25, -0.2) is 4.79 Å². The Kier molecular flexibility index (Phi) is 6.21. The maximum absolute atomic E-state index is 12.6. The number of pyridine rings is 1. The molecular weight excluding hydrogens is 372 g/mol. The van der Waals surface area contributed by atoms with Gasteiger partial charge in [0.1, 0.15) is 10.6 Å². The number of hydrogen-bond donors (Lipinski definition) is 1. The summed E-state index contributed by atoms with van der Waals surface area (Å²) in [5, 5.41) is 5.28. The van der Waals surface area contributed by atoms with Crippen LogP contribution in [0.2, 0.25) is 0 Å². The predicted octanol–water partition coefficient (Wildman–Crippen LogP) is 4.13. The van der Waals surface area contributed by atoms with Crippen molar-refractivity contribution in [3.63, 3.8) is 0 Å². The first kappa shape index (κ1) is 19.8. The summed E-state index contributed by atoms with van der Waals surface area (Å²) in [6, 6.07) is 13.5. The highest BCUT2D eigenvalue weighted by molar-refractivity contribution is 7.15. The number of nitrogens with zero attached hydrogens (tertiary/aromatic N) is 1. The van der Waals surface area contributed by atoms with Crippen molar-refractivity contribution in [2.75, 3.05) is 11.9 Å². The van der Waals surface area contributed by atoms with Crippen LogP contribution in [0.5, 0.6) is 0 Å². The monoisotopic (exact) mass is 395 g/mol. The van der Waals surface area contributed by atoms with Crippen molar-refractivity contribution < 1.29 is 18.9 Å². The molecule has 0 spiro atoms. The van der Waals surface area contributed by atoms with Gasteiger partial charge in [-0.15, -0.1) is 11.3 Å². The number of aryl methyl sites for hydroxylation is 1. The smallest absolute Gasteiger partial charge is 0.341 e. The van der Waals surface area contributed by atoms with Crippen LogP contribution in [0.15, 0.2) is 54.0 Å². The van der Waals surface area contributed by atoms with Crippen molar-refractivity contribution in [1.29, 1.82) is 0 Å². The lowest BCUT2D eigenvalue weighted by Gasteiger charge is -2.08. The summed E-state index contributed by atoms with van der Waals surface area (Å²) in [5.41, 5.74) is 4.21. The number of anilines is 1. The van der Waals surface area contributed by atoms with Crippen LogP contribution in [-0.4, -0.2) is 18.5 Å². The third-order valence-corrected chi connectivity index (χ3v) is 5.43. The van der Waals surface area contributed by atoms with Crippen LogP contribution in [0, 0.1) is 13.8 Å². The Morgan fingerprint density at radius 1 is 1.11 bits per heavy atom. The van der Waals surface area contributed by atoms with Crippen LogP contribution in [0.4, 0.5) is 5.00 Å². The van der Waals surface area contributed by atoms with Crippen molar-refractivity contribution in [2.24, 2.45) is 0 Å². The fourth-order valence-electron chi connectivity index (χ4n) is 2.93. The second-order valence-electron chi connectivity index (χ2n) is 6.39. The molecule has 0 atom stereocenters. The SMILES string of the molecule is CCOC(=O)c1c(-c2ccccc2)csc1NC(=O)C[n+]1cccc(C)c1C. The van der Waals surface area contributed by atoms with E-state index in [4.69, 9.17) is 4.74 Å². The molecule has 0 bridgehead atoms. The topological polar surface area (TPSA) is 59.3 Å². The van der Waals surface area contributed by atoms with E-state index in [1.54, 1.807) is 6.92 Å². The molecule has 0 radical (unpaired) electrons. The Morgan fingerprint density at radius 3 is 2.57 bits per heavy atom. The quantitative estimate of drug-likeness (QED) is 0.504. The van der Waals surface area contributed by atoms with E-state index < -0.39 is 5.97 Å². The molecule has 3 rings (SSSR count). The Morgan fingerprint density at radius 2 is 1.86 bits per heavy atom. The van der Waals surface area contributed by atoms with Crippen LogP contribution >= 0.6 is 11.3 Å². The van der Waals surface area contributed by atoms with E-state index in [2.05, 4.69) is 5.32 Å². The zero-order valence-electron chi connectivity index (χ0n) is 16.2. The molecule has 0 aliphatic rings. The zero-order chi connectivity index (χ0) is 20.1. The van der Waals surface area contributed by atoms with Gasteiger partial charge in [-0.3, -0.25) is 4.79 Å². The molecule has 1 N–H and O–H groups in total. The molecule has 0 aliphatic heterocycles. The molecule has 3 aromatic rings. The van der Waals surface area contributed by atoms with E-state index in [9.17, 15) is 9.59 Å². The number of amides is 1. The van der Waals surface area contributed by atoms with Crippen molar-refractivity contribution in [2.45, 2.75) is 27.3 Å². The van der Waals surface area contributed by atoms with Crippen molar-refractivity contribution in [3.8, 4) is 11.1 Å². The normalized spacial score (nSPS) is 10.5. The number of carbonyl (C=O) groups is 2. The molecule has 6 heteroatoms. The molecule has 28 heavy (non-hydrogen) atoms. The van der Waals surface area contributed by atoms with E-state index in [0.717, 1.165) is 22.4 Å². The van der Waals surface area contributed by atoms with Gasteiger partial charge in [-0.2, -0.15) is 4.57 Å². The minimum Gasteiger partial charge on any atom is -0.462 e. The van der Waals surface area contributed by atoms with Gasteiger partial charge in [0.05, 0.1) is 6.61 Å². The van der Waals surface area contributed by atoms with Gasteiger partial charge in [-0.1, -0.05) is 30.3 Å². The summed E-state index contributed by atoms with van der Waals surface area (Å²) in [6.45, 7) is 6.20. The lowest BCUT2D eigenvalue weighted by atomic mass is 10.0. The Hall–Kier alpha value is -2.99. The average molecular weight is 396 g/mol. The summed E-state index contributed by atoms with van der Waals surface area (Å²) in [4.78, 5) is 25.2. The van der Waals surface area contributed by atoms with E-state index in [1.807, 2.05) is 72.5 Å². The molecule has 5 nitrogen and oxygen atoms in total. The number of ether oxygens (including phenoxy) is 1. The molecule has 0 unspecified atom stereocenters. The lowest BCUT2D eigenvalue weighted by molar-refractivity contribution is -0.690. The van der Waals surface area contributed by atoms with Crippen molar-refractivity contribution in [1.82, 2.24) is 0 Å². The molecule has 1 aromatic carbocycles. The second kappa shape index (κ2) is 8.80. The van der Waals surface area contributed by atoms with E-state index in [1.165, 1.54) is 11.3 Å². The second-order valence-corrected chi connectivity index (χ2v) is 7.27. The highest BCUT2D eigenvalue weighted by Gasteiger charge is 2.24. The highest BCUT2D eigenvalue weighted by Crippen LogP contribution is 2.36. The fraction of sp³-hybridized carbons (Fsp3) is 0.227. The molecule has 0 aliphatic carbocycles. The standard InChI is InChI=1S/C22H22N2O3S/c1-4-27-22(26)20-18(17-10-6-5-7-11-17)14-28-21(20)23-19(25)13-24-12-8-9-15(2)16(24)3/h5-12,14H,4,13H2,1-3H3/p+1. The number of rotatable bonds is 6. The zero-order valence-corrected chi connectivity index (χ0v) is 17.0. The minimum atomic E-state index is -0.433. The molecule has 0 saturated carbocycles. The Balaban J connectivity index is 1.89. The number of esters is 1. The molecule has 144 valence electrons. The first-order valence-electron chi connectivity index (χ1n) is 9.10. The van der Waals surface area contributed by atoms with Gasteiger partial charge in [0, 0.05) is 29.5 Å². The number of aromatic nitrogens is 1. The molecule has 1 amide bonds. The van der Waals surface area contributed by atoms with Gasteiger partial charge in [0.25, 0.3) is 5.91 Å². The van der Waals surface area contributed by atoms with Gasteiger partial charge in [-0.05, 0) is 25.5 Å².